The van der Waals surface area contributed by atoms with Crippen molar-refractivity contribution >= 4 is 12.0 Å². The van der Waals surface area contributed by atoms with E-state index in [0.717, 1.165) is 17.6 Å². The van der Waals surface area contributed by atoms with Crippen LogP contribution < -0.4 is 9.47 Å². The van der Waals surface area contributed by atoms with Gasteiger partial charge < -0.3 is 19.1 Å². The van der Waals surface area contributed by atoms with Gasteiger partial charge >= 0.3 is 0 Å². The third-order valence-corrected chi connectivity index (χ3v) is 3.06. The number of aldehydes is 1. The van der Waals surface area contributed by atoms with Gasteiger partial charge in [-0.05, 0) is 24.6 Å². The van der Waals surface area contributed by atoms with Gasteiger partial charge in [0.25, 0.3) is 0 Å². The summed E-state index contributed by atoms with van der Waals surface area (Å²) in [7, 11) is 3.20. The first-order valence-electron chi connectivity index (χ1n) is 6.17. The molecule has 0 spiro atoms. The summed E-state index contributed by atoms with van der Waals surface area (Å²) in [5, 5.41) is 4.08. The van der Waals surface area contributed by atoms with E-state index < -0.39 is 0 Å². The SMILES string of the molecule is COc1ccc(C2=NO[C@@H](CCC=O)C2)cc1OC. The first-order chi connectivity index (χ1) is 9.28. The molecule has 1 aromatic rings. The minimum Gasteiger partial charge on any atom is -0.493 e. The monoisotopic (exact) mass is 263 g/mol. The topological polar surface area (TPSA) is 57.1 Å². The molecule has 2 rings (SSSR count). The second kappa shape index (κ2) is 6.22. The number of carbonyl (C=O) groups is 1. The molecule has 0 aliphatic carbocycles. The highest BCUT2D eigenvalue weighted by Crippen LogP contribution is 2.29. The van der Waals surface area contributed by atoms with Crippen molar-refractivity contribution in [3.05, 3.63) is 23.8 Å². The predicted octanol–water partition coefficient (Wildman–Crippen LogP) is 2.18. The van der Waals surface area contributed by atoms with E-state index in [4.69, 9.17) is 14.3 Å². The molecule has 1 aliphatic heterocycles. The summed E-state index contributed by atoms with van der Waals surface area (Å²) in [6.45, 7) is 0. The largest absolute Gasteiger partial charge is 0.493 e. The predicted molar refractivity (Wildman–Crippen MR) is 70.9 cm³/mol. The number of methoxy groups -OCH3 is 2. The molecule has 19 heavy (non-hydrogen) atoms. The van der Waals surface area contributed by atoms with Crippen molar-refractivity contribution in [1.82, 2.24) is 0 Å². The number of oxime groups is 1. The smallest absolute Gasteiger partial charge is 0.161 e. The zero-order chi connectivity index (χ0) is 13.7. The molecule has 0 amide bonds. The summed E-state index contributed by atoms with van der Waals surface area (Å²) < 4.78 is 10.5. The summed E-state index contributed by atoms with van der Waals surface area (Å²) in [5.41, 5.74) is 1.82. The van der Waals surface area contributed by atoms with Crippen molar-refractivity contribution in [2.24, 2.45) is 5.16 Å². The molecule has 0 fully saturated rings. The minimum atomic E-state index is -0.00621. The van der Waals surface area contributed by atoms with Crippen molar-refractivity contribution in [3.8, 4) is 11.5 Å². The van der Waals surface area contributed by atoms with E-state index in [1.54, 1.807) is 14.2 Å². The molecule has 102 valence electrons. The Morgan fingerprint density at radius 3 is 2.84 bits per heavy atom. The van der Waals surface area contributed by atoms with Gasteiger partial charge in [-0.15, -0.1) is 0 Å². The molecule has 0 radical (unpaired) electrons. The van der Waals surface area contributed by atoms with Crippen LogP contribution in [0.2, 0.25) is 0 Å². The quantitative estimate of drug-likeness (QED) is 0.738. The van der Waals surface area contributed by atoms with Gasteiger partial charge in [-0.25, -0.2) is 0 Å². The van der Waals surface area contributed by atoms with Crippen LogP contribution in [0.25, 0.3) is 0 Å². The third kappa shape index (κ3) is 3.05. The summed E-state index contributed by atoms with van der Waals surface area (Å²) in [5.74, 6) is 1.35. The maximum Gasteiger partial charge on any atom is 0.161 e. The van der Waals surface area contributed by atoms with Crippen LogP contribution >= 0.6 is 0 Å². The van der Waals surface area contributed by atoms with Gasteiger partial charge in [0, 0.05) is 18.4 Å². The minimum absolute atomic E-state index is 0.00621. The fraction of sp³-hybridized carbons (Fsp3) is 0.429. The van der Waals surface area contributed by atoms with Crippen LogP contribution in [0.3, 0.4) is 0 Å². The molecular weight excluding hydrogens is 246 g/mol. The van der Waals surface area contributed by atoms with Crippen LogP contribution in [0.15, 0.2) is 23.4 Å². The molecule has 1 aliphatic rings. The number of hydrogen-bond donors (Lipinski definition) is 0. The molecule has 1 atom stereocenters. The first-order valence-corrected chi connectivity index (χ1v) is 6.17. The highest BCUT2D eigenvalue weighted by atomic mass is 16.6. The Morgan fingerprint density at radius 1 is 1.37 bits per heavy atom. The van der Waals surface area contributed by atoms with Gasteiger partial charge in [-0.2, -0.15) is 0 Å². The molecule has 0 N–H and O–H groups in total. The summed E-state index contributed by atoms with van der Waals surface area (Å²) >= 11 is 0. The van der Waals surface area contributed by atoms with E-state index in [9.17, 15) is 4.79 Å². The Kier molecular flexibility index (Phi) is 4.39. The number of carbonyl (C=O) groups excluding carboxylic acids is 1. The molecular formula is C14H17NO4. The summed E-state index contributed by atoms with van der Waals surface area (Å²) in [6, 6.07) is 5.64. The number of nitrogens with zero attached hydrogens (tertiary/aromatic N) is 1. The number of rotatable bonds is 6. The van der Waals surface area contributed by atoms with Gasteiger partial charge in [0.15, 0.2) is 11.5 Å². The van der Waals surface area contributed by atoms with E-state index >= 15 is 0 Å². The molecule has 0 aromatic heterocycles. The lowest BCUT2D eigenvalue weighted by Crippen LogP contribution is -2.08. The maximum absolute atomic E-state index is 10.3. The lowest BCUT2D eigenvalue weighted by atomic mass is 10.0. The molecule has 0 unspecified atom stereocenters. The maximum atomic E-state index is 10.3. The second-order valence-electron chi connectivity index (χ2n) is 4.28. The van der Waals surface area contributed by atoms with Gasteiger partial charge in [-0.1, -0.05) is 5.16 Å². The molecule has 0 saturated carbocycles. The zero-order valence-corrected chi connectivity index (χ0v) is 11.1. The van der Waals surface area contributed by atoms with E-state index in [1.807, 2.05) is 18.2 Å². The average molecular weight is 263 g/mol. The molecule has 5 heteroatoms. The molecule has 1 aromatic carbocycles. The van der Waals surface area contributed by atoms with Crippen molar-refractivity contribution in [3.63, 3.8) is 0 Å². The van der Waals surface area contributed by atoms with Gasteiger partial charge in [0.1, 0.15) is 12.4 Å². The van der Waals surface area contributed by atoms with Gasteiger partial charge in [0.05, 0.1) is 19.9 Å². The van der Waals surface area contributed by atoms with Crippen molar-refractivity contribution in [2.75, 3.05) is 14.2 Å². The summed E-state index contributed by atoms with van der Waals surface area (Å²) in [4.78, 5) is 15.7. The van der Waals surface area contributed by atoms with Crippen LogP contribution in [0, 0.1) is 0 Å². The fourth-order valence-corrected chi connectivity index (χ4v) is 2.02. The average Bonchev–Trinajstić information content (AvgIpc) is 2.93. The molecule has 5 nitrogen and oxygen atoms in total. The van der Waals surface area contributed by atoms with Gasteiger partial charge in [0.2, 0.25) is 0 Å². The van der Waals surface area contributed by atoms with Crippen LogP contribution in [-0.2, 0) is 9.63 Å². The van der Waals surface area contributed by atoms with E-state index in [1.165, 1.54) is 0 Å². The molecule has 0 bridgehead atoms. The Balaban J connectivity index is 2.09. The highest BCUT2D eigenvalue weighted by molar-refractivity contribution is 6.01. The van der Waals surface area contributed by atoms with Crippen molar-refractivity contribution in [2.45, 2.75) is 25.4 Å². The summed E-state index contributed by atoms with van der Waals surface area (Å²) in [6.07, 6.45) is 2.80. The van der Waals surface area contributed by atoms with Crippen LogP contribution in [0.1, 0.15) is 24.8 Å². The number of ether oxygens (including phenoxy) is 2. The lowest BCUT2D eigenvalue weighted by molar-refractivity contribution is -0.108. The number of hydrogen-bond acceptors (Lipinski definition) is 5. The fourth-order valence-electron chi connectivity index (χ4n) is 2.02. The third-order valence-electron chi connectivity index (χ3n) is 3.06. The molecule has 0 saturated heterocycles. The zero-order valence-electron chi connectivity index (χ0n) is 11.1. The normalized spacial score (nSPS) is 17.6. The van der Waals surface area contributed by atoms with Crippen LogP contribution in [0.4, 0.5) is 0 Å². The first kappa shape index (κ1) is 13.4. The Bertz CT molecular complexity index is 484. The standard InChI is InChI=1S/C14H17NO4/c1-17-13-6-5-10(8-14(13)18-2)12-9-11(19-15-12)4-3-7-16/h5-8,11H,3-4,9H2,1-2H3/t11-/m0/s1. The Hall–Kier alpha value is -2.04. The van der Waals surface area contributed by atoms with Gasteiger partial charge in [-0.3, -0.25) is 0 Å². The van der Waals surface area contributed by atoms with Crippen molar-refractivity contribution in [1.29, 1.82) is 0 Å². The van der Waals surface area contributed by atoms with Crippen molar-refractivity contribution < 1.29 is 19.1 Å². The van der Waals surface area contributed by atoms with Crippen LogP contribution in [-0.4, -0.2) is 32.3 Å². The van der Waals surface area contributed by atoms with E-state index in [2.05, 4.69) is 5.16 Å². The van der Waals surface area contributed by atoms with E-state index in [0.29, 0.717) is 30.8 Å². The Labute approximate surface area is 112 Å². The van der Waals surface area contributed by atoms with E-state index in [-0.39, 0.29) is 6.10 Å². The highest BCUT2D eigenvalue weighted by Gasteiger charge is 2.22. The Morgan fingerprint density at radius 2 is 2.16 bits per heavy atom. The second-order valence-corrected chi connectivity index (χ2v) is 4.28. The molecule has 1 heterocycles. The van der Waals surface area contributed by atoms with Crippen LogP contribution in [0.5, 0.6) is 11.5 Å². The lowest BCUT2D eigenvalue weighted by Gasteiger charge is -2.09. The number of benzene rings is 1.